The van der Waals surface area contributed by atoms with Gasteiger partial charge in [0.05, 0.1) is 17.0 Å². The Labute approximate surface area is 130 Å². The molecule has 0 aromatic carbocycles. The van der Waals surface area contributed by atoms with Gasteiger partial charge in [-0.15, -0.1) is 0 Å². The summed E-state index contributed by atoms with van der Waals surface area (Å²) in [5.74, 6) is 1.45. The van der Waals surface area contributed by atoms with Crippen LogP contribution >= 0.6 is 23.4 Å². The molecule has 3 rings (SSSR count). The molecule has 0 amide bonds. The molecule has 0 spiro atoms. The van der Waals surface area contributed by atoms with Crippen LogP contribution in [0.5, 0.6) is 0 Å². The van der Waals surface area contributed by atoms with Crippen LogP contribution in [0, 0.1) is 0 Å². The fourth-order valence-electron chi connectivity index (χ4n) is 1.85. The summed E-state index contributed by atoms with van der Waals surface area (Å²) in [7, 11) is 0. The van der Waals surface area contributed by atoms with E-state index in [0.717, 1.165) is 28.6 Å². The van der Waals surface area contributed by atoms with Gasteiger partial charge in [-0.3, -0.25) is 0 Å². The number of hydrogen-bond acceptors (Lipinski definition) is 6. The number of halogens is 1. The quantitative estimate of drug-likeness (QED) is 0.555. The monoisotopic (exact) mass is 320 g/mol. The smallest absolute Gasteiger partial charge is 0.181 e. The molecule has 0 unspecified atom stereocenters. The van der Waals surface area contributed by atoms with Crippen molar-refractivity contribution in [2.45, 2.75) is 17.7 Å². The molecule has 8 heteroatoms. The number of aromatic amines is 1. The Morgan fingerprint density at radius 3 is 3.05 bits per heavy atom. The van der Waals surface area contributed by atoms with Gasteiger partial charge in [-0.1, -0.05) is 23.4 Å². The number of hydrogen-bond donors (Lipinski definition) is 2. The molecule has 0 radical (unpaired) electrons. The average molecular weight is 321 g/mol. The number of aromatic nitrogens is 5. The zero-order valence-corrected chi connectivity index (χ0v) is 12.9. The van der Waals surface area contributed by atoms with Gasteiger partial charge < -0.3 is 10.3 Å². The van der Waals surface area contributed by atoms with E-state index in [1.807, 2.05) is 19.1 Å². The largest absolute Gasteiger partial charge is 0.370 e. The molecule has 3 aromatic rings. The number of nitrogens with zero attached hydrogens (tertiary/aromatic N) is 4. The number of thioether (sulfide) groups is 1. The molecule has 0 aliphatic heterocycles. The van der Waals surface area contributed by atoms with Crippen LogP contribution in [-0.4, -0.2) is 31.5 Å². The van der Waals surface area contributed by atoms with E-state index in [2.05, 4.69) is 30.2 Å². The van der Waals surface area contributed by atoms with Crippen LogP contribution in [-0.2, 0) is 5.75 Å². The number of H-pyrrole nitrogens is 1. The molecule has 21 heavy (non-hydrogen) atoms. The second-order valence-electron chi connectivity index (χ2n) is 4.22. The first-order valence-electron chi connectivity index (χ1n) is 6.44. The predicted octanol–water partition coefficient (Wildman–Crippen LogP) is 3.13. The SMILES string of the molecule is CCNc1ccc(Cl)c(CSc2ncnc3nc[nH]c23)n1. The lowest BCUT2D eigenvalue weighted by Crippen LogP contribution is -2.01. The van der Waals surface area contributed by atoms with Crippen molar-refractivity contribution in [3.63, 3.8) is 0 Å². The summed E-state index contributed by atoms with van der Waals surface area (Å²) >= 11 is 7.75. The molecule has 2 N–H and O–H groups in total. The van der Waals surface area contributed by atoms with Gasteiger partial charge in [-0.25, -0.2) is 19.9 Å². The van der Waals surface area contributed by atoms with Crippen LogP contribution < -0.4 is 5.32 Å². The van der Waals surface area contributed by atoms with Crippen LogP contribution in [0.4, 0.5) is 5.82 Å². The van der Waals surface area contributed by atoms with Crippen LogP contribution in [0.25, 0.3) is 11.2 Å². The second kappa shape index (κ2) is 6.28. The summed E-state index contributed by atoms with van der Waals surface area (Å²) in [4.78, 5) is 20.0. The fourth-order valence-corrected chi connectivity index (χ4v) is 3.02. The van der Waals surface area contributed by atoms with Crippen LogP contribution in [0.1, 0.15) is 12.6 Å². The van der Waals surface area contributed by atoms with Gasteiger partial charge in [0.1, 0.15) is 22.7 Å². The number of rotatable bonds is 5. The summed E-state index contributed by atoms with van der Waals surface area (Å²) in [5, 5.41) is 4.67. The maximum atomic E-state index is 6.20. The lowest BCUT2D eigenvalue weighted by atomic mass is 10.3. The Bertz CT molecular complexity index is 759. The van der Waals surface area contributed by atoms with Gasteiger partial charge >= 0.3 is 0 Å². The first-order chi connectivity index (χ1) is 10.3. The van der Waals surface area contributed by atoms with Crippen molar-refractivity contribution in [1.82, 2.24) is 24.9 Å². The third kappa shape index (κ3) is 3.08. The maximum Gasteiger partial charge on any atom is 0.181 e. The number of fused-ring (bicyclic) bond motifs is 1. The topological polar surface area (TPSA) is 79.4 Å². The van der Waals surface area contributed by atoms with E-state index in [9.17, 15) is 0 Å². The van der Waals surface area contributed by atoms with Crippen molar-refractivity contribution in [2.75, 3.05) is 11.9 Å². The molecular formula is C13H13ClN6S. The van der Waals surface area contributed by atoms with E-state index in [-0.39, 0.29) is 0 Å². The maximum absolute atomic E-state index is 6.20. The molecule has 0 atom stereocenters. The zero-order chi connectivity index (χ0) is 14.7. The van der Waals surface area contributed by atoms with E-state index < -0.39 is 0 Å². The Morgan fingerprint density at radius 1 is 1.29 bits per heavy atom. The highest BCUT2D eigenvalue weighted by atomic mass is 35.5. The highest BCUT2D eigenvalue weighted by Gasteiger charge is 2.09. The predicted molar refractivity (Wildman–Crippen MR) is 84.7 cm³/mol. The third-order valence-electron chi connectivity index (χ3n) is 2.81. The highest BCUT2D eigenvalue weighted by Crippen LogP contribution is 2.28. The van der Waals surface area contributed by atoms with Gasteiger partial charge in [0, 0.05) is 12.3 Å². The van der Waals surface area contributed by atoms with E-state index in [1.54, 1.807) is 18.1 Å². The minimum Gasteiger partial charge on any atom is -0.370 e. The number of pyridine rings is 1. The number of imidazole rings is 1. The molecular weight excluding hydrogens is 308 g/mol. The Hall–Kier alpha value is -1.86. The van der Waals surface area contributed by atoms with Gasteiger partial charge in [0.25, 0.3) is 0 Å². The van der Waals surface area contributed by atoms with Crippen LogP contribution in [0.2, 0.25) is 5.02 Å². The number of anilines is 1. The van der Waals surface area contributed by atoms with Crippen molar-refractivity contribution in [1.29, 1.82) is 0 Å². The highest BCUT2D eigenvalue weighted by molar-refractivity contribution is 7.98. The molecule has 6 nitrogen and oxygen atoms in total. The molecule has 108 valence electrons. The van der Waals surface area contributed by atoms with Crippen molar-refractivity contribution in [3.05, 3.63) is 35.5 Å². The number of nitrogens with one attached hydrogen (secondary N) is 2. The summed E-state index contributed by atoms with van der Waals surface area (Å²) in [6.07, 6.45) is 3.12. The minimum atomic E-state index is 0.628. The van der Waals surface area contributed by atoms with Crippen molar-refractivity contribution < 1.29 is 0 Å². The summed E-state index contributed by atoms with van der Waals surface area (Å²) in [6, 6.07) is 3.73. The van der Waals surface area contributed by atoms with Gasteiger partial charge in [-0.05, 0) is 19.1 Å². The minimum absolute atomic E-state index is 0.628. The molecule has 3 aromatic heterocycles. The molecule has 0 saturated heterocycles. The normalized spacial score (nSPS) is 11.0. The van der Waals surface area contributed by atoms with Crippen molar-refractivity contribution in [3.8, 4) is 0 Å². The molecule has 0 fully saturated rings. The molecule has 0 aliphatic carbocycles. The zero-order valence-electron chi connectivity index (χ0n) is 11.3. The lowest BCUT2D eigenvalue weighted by molar-refractivity contribution is 1.08. The van der Waals surface area contributed by atoms with Gasteiger partial charge in [-0.2, -0.15) is 0 Å². The van der Waals surface area contributed by atoms with Crippen molar-refractivity contribution >= 4 is 40.3 Å². The Morgan fingerprint density at radius 2 is 2.19 bits per heavy atom. The summed E-state index contributed by atoms with van der Waals surface area (Å²) in [5.41, 5.74) is 2.32. The Kier molecular flexibility index (Phi) is 4.21. The van der Waals surface area contributed by atoms with Gasteiger partial charge in [0.2, 0.25) is 0 Å². The Balaban J connectivity index is 1.81. The molecule has 0 aliphatic rings. The first-order valence-corrected chi connectivity index (χ1v) is 7.80. The third-order valence-corrected chi connectivity index (χ3v) is 4.16. The van der Waals surface area contributed by atoms with Crippen LogP contribution in [0.15, 0.2) is 29.8 Å². The second-order valence-corrected chi connectivity index (χ2v) is 5.60. The van der Waals surface area contributed by atoms with E-state index in [1.165, 1.54) is 6.33 Å². The molecule has 3 heterocycles. The lowest BCUT2D eigenvalue weighted by Gasteiger charge is -2.07. The fraction of sp³-hybridized carbons (Fsp3) is 0.231. The van der Waals surface area contributed by atoms with Gasteiger partial charge in [0.15, 0.2) is 5.65 Å². The molecule has 0 bridgehead atoms. The van der Waals surface area contributed by atoms with Crippen LogP contribution in [0.3, 0.4) is 0 Å². The average Bonchev–Trinajstić information content (AvgIpc) is 2.97. The van der Waals surface area contributed by atoms with Crippen molar-refractivity contribution in [2.24, 2.45) is 0 Å². The van der Waals surface area contributed by atoms with E-state index >= 15 is 0 Å². The van der Waals surface area contributed by atoms with E-state index in [0.29, 0.717) is 16.4 Å². The summed E-state index contributed by atoms with van der Waals surface area (Å²) < 4.78 is 0. The standard InChI is InChI=1S/C13H13ClN6S/c1-2-15-10-4-3-8(14)9(20-10)5-21-13-11-12(17-6-16-11)18-7-19-13/h3-4,6-7H,2,5H2,1H3,(H,15,20)(H,16,17,18,19). The summed E-state index contributed by atoms with van der Waals surface area (Å²) in [6.45, 7) is 2.85. The first kappa shape index (κ1) is 14.1. The van der Waals surface area contributed by atoms with E-state index in [4.69, 9.17) is 11.6 Å². The molecule has 0 saturated carbocycles.